The Hall–Kier alpha value is -6.51. The molecule has 9 rings (SSSR count). The molecule has 7 heteroatoms. The van der Waals surface area contributed by atoms with Gasteiger partial charge in [0.15, 0.2) is 22.1 Å². The van der Waals surface area contributed by atoms with Gasteiger partial charge in [0.2, 0.25) is 12.7 Å². The maximum atomic E-state index is 5.18. The first-order valence-corrected chi connectivity index (χ1v) is 18.9. The fourth-order valence-electron chi connectivity index (χ4n) is 7.16. The summed E-state index contributed by atoms with van der Waals surface area (Å²) in [4.78, 5) is 5.18. The van der Waals surface area contributed by atoms with Crippen molar-refractivity contribution in [3.05, 3.63) is 233 Å². The third-order valence-corrected chi connectivity index (χ3v) is 9.95. The molecule has 0 fully saturated rings. The third-order valence-electron chi connectivity index (χ3n) is 9.95. The molecule has 3 aromatic heterocycles. The van der Waals surface area contributed by atoms with Gasteiger partial charge in [-0.2, -0.15) is 0 Å². The van der Waals surface area contributed by atoms with E-state index in [-0.39, 0.29) is 34.0 Å². The number of nitrogens with zero attached hydrogens (tertiary/aromatic N) is 5. The van der Waals surface area contributed by atoms with E-state index in [4.69, 9.17) is 4.98 Å². The van der Waals surface area contributed by atoms with Gasteiger partial charge in [-0.15, -0.1) is 0 Å². The summed E-state index contributed by atoms with van der Waals surface area (Å²) in [6.45, 7) is 2.88. The topological polar surface area (TPSA) is 30.5 Å². The van der Waals surface area contributed by atoms with Crippen molar-refractivity contribution >= 4 is 22.1 Å². The van der Waals surface area contributed by atoms with E-state index in [0.29, 0.717) is 13.1 Å². The van der Waals surface area contributed by atoms with Crippen LogP contribution in [0.15, 0.2) is 189 Å². The number of imidazole rings is 2. The predicted molar refractivity (Wildman–Crippen MR) is 223 cm³/mol. The van der Waals surface area contributed by atoms with E-state index in [0.717, 1.165) is 46.7 Å². The molecule has 0 radical (unpaired) electrons. The fourth-order valence-corrected chi connectivity index (χ4v) is 7.16. The van der Waals surface area contributed by atoms with Crippen molar-refractivity contribution in [2.24, 2.45) is 0 Å². The van der Waals surface area contributed by atoms with Crippen LogP contribution in [0.1, 0.15) is 44.8 Å². The van der Waals surface area contributed by atoms with Gasteiger partial charge in [-0.1, -0.05) is 115 Å². The van der Waals surface area contributed by atoms with Crippen molar-refractivity contribution < 1.29 is 43.1 Å². The number of rotatable bonds is 8. The molecule has 0 aliphatic carbocycles. The molecule has 9 aromatic rings. The number of fused-ring (bicyclic) bond motifs is 2. The summed E-state index contributed by atoms with van der Waals surface area (Å²) < 4.78 is 9.25. The Morgan fingerprint density at radius 3 is 1.16 bits per heavy atom. The average Bonchev–Trinajstić information content (AvgIpc) is 3.77. The second-order valence-corrected chi connectivity index (χ2v) is 14.0. The molecule has 3 heterocycles. The molecule has 0 saturated heterocycles. The summed E-state index contributed by atoms with van der Waals surface area (Å²) in [5.41, 5.74) is 13.3. The quantitative estimate of drug-likeness (QED) is 0.171. The van der Waals surface area contributed by atoms with Gasteiger partial charge in [-0.25, -0.2) is 23.3 Å². The molecule has 6 aromatic carbocycles. The van der Waals surface area contributed by atoms with Gasteiger partial charge < -0.3 is 34.0 Å². The van der Waals surface area contributed by atoms with Gasteiger partial charge in [0.1, 0.15) is 26.2 Å². The zero-order chi connectivity index (χ0) is 37.5. The van der Waals surface area contributed by atoms with E-state index < -0.39 is 0 Å². The van der Waals surface area contributed by atoms with E-state index >= 15 is 0 Å². The van der Waals surface area contributed by atoms with Crippen LogP contribution in [-0.2, 0) is 26.2 Å². The van der Waals surface area contributed by atoms with Gasteiger partial charge in [0, 0.05) is 22.3 Å². The number of benzene rings is 6. The highest BCUT2D eigenvalue weighted by molar-refractivity contribution is 5.72. The molecule has 0 amide bonds. The molecule has 0 unspecified atom stereocenters. The highest BCUT2D eigenvalue weighted by Crippen LogP contribution is 2.17. The van der Waals surface area contributed by atoms with Gasteiger partial charge in [-0.05, 0) is 96.1 Å². The van der Waals surface area contributed by atoms with E-state index in [1.165, 1.54) is 33.2 Å². The van der Waals surface area contributed by atoms with E-state index in [1.807, 2.05) is 60.7 Å². The summed E-state index contributed by atoms with van der Waals surface area (Å²) >= 11 is 0. The van der Waals surface area contributed by atoms with Crippen LogP contribution in [0.3, 0.4) is 0 Å². The highest BCUT2D eigenvalue weighted by Gasteiger charge is 2.19. The first kappa shape index (κ1) is 39.7. The molecule has 5 nitrogen and oxygen atoms in total. The first-order chi connectivity index (χ1) is 27.7. The Morgan fingerprint density at radius 1 is 0.379 bits per heavy atom. The Kier molecular flexibility index (Phi) is 12.8. The summed E-state index contributed by atoms with van der Waals surface area (Å²) in [5.74, 6) is 13.1. The number of halogens is 2. The van der Waals surface area contributed by atoms with Crippen LogP contribution >= 0.6 is 0 Å². The van der Waals surface area contributed by atoms with Crippen molar-refractivity contribution in [3.63, 3.8) is 0 Å². The van der Waals surface area contributed by atoms with Crippen LogP contribution < -0.4 is 43.1 Å². The number of aromatic nitrogens is 5. The predicted octanol–water partition coefficient (Wildman–Crippen LogP) is 2.57. The van der Waals surface area contributed by atoms with Gasteiger partial charge in [0.05, 0.1) is 11.4 Å². The lowest BCUT2D eigenvalue weighted by Crippen LogP contribution is -3.00. The minimum absolute atomic E-state index is 0. The Bertz CT molecular complexity index is 2710. The second kappa shape index (κ2) is 18.6. The summed E-state index contributed by atoms with van der Waals surface area (Å²) in [6, 6.07) is 60.9. The molecule has 58 heavy (non-hydrogen) atoms. The fraction of sp³-hybridized carbons (Fsp3) is 0.0784. The molecule has 0 bridgehead atoms. The van der Waals surface area contributed by atoms with E-state index in [1.54, 1.807) is 0 Å². The van der Waals surface area contributed by atoms with Crippen molar-refractivity contribution in [2.45, 2.75) is 26.2 Å². The maximum Gasteiger partial charge on any atom is 0.245 e. The lowest BCUT2D eigenvalue weighted by Gasteiger charge is -2.03. The zero-order valence-electron chi connectivity index (χ0n) is 31.7. The Morgan fingerprint density at radius 2 is 0.741 bits per heavy atom. The largest absolute Gasteiger partial charge is 1.00 e. The Labute approximate surface area is 360 Å². The van der Waals surface area contributed by atoms with Crippen LogP contribution in [0.4, 0.5) is 0 Å². The van der Waals surface area contributed by atoms with Crippen LogP contribution in [0.25, 0.3) is 22.1 Å². The molecule has 0 atom stereocenters. The van der Waals surface area contributed by atoms with Crippen LogP contribution in [-0.4, -0.2) is 14.1 Å². The van der Waals surface area contributed by atoms with Gasteiger partial charge >= 0.3 is 0 Å². The van der Waals surface area contributed by atoms with E-state index in [9.17, 15) is 0 Å². The van der Waals surface area contributed by atoms with Crippen molar-refractivity contribution in [2.75, 3.05) is 0 Å². The van der Waals surface area contributed by atoms with E-state index in [2.05, 4.69) is 170 Å². The first-order valence-electron chi connectivity index (χ1n) is 18.9. The summed E-state index contributed by atoms with van der Waals surface area (Å²) in [7, 11) is 0. The highest BCUT2D eigenvalue weighted by atomic mass is 79.9. The minimum Gasteiger partial charge on any atom is -1.00 e. The summed E-state index contributed by atoms with van der Waals surface area (Å²) in [6.07, 6.45) is 4.43. The molecule has 0 N–H and O–H groups in total. The number of pyridine rings is 1. The normalized spacial score (nSPS) is 10.5. The van der Waals surface area contributed by atoms with Crippen molar-refractivity contribution in [1.29, 1.82) is 0 Å². The molecule has 0 saturated carbocycles. The molecule has 0 aliphatic heterocycles. The molecule has 0 aliphatic rings. The smallest absolute Gasteiger partial charge is 0.245 e. The average molecular weight is 882 g/mol. The SMILES string of the molecule is C(#Cc1ccc(C[n+]2cn(Cc3cccc(Cn4c[n+](Cc5ccc(C#Cc6ccccc6)cc5)c5ccccc54)n3)c3ccccc32)cc1)c1ccccc1.[Br-].[Br-]. The van der Waals surface area contributed by atoms with Crippen LogP contribution in [0.5, 0.6) is 0 Å². The number of para-hydroxylation sites is 4. The van der Waals surface area contributed by atoms with Crippen molar-refractivity contribution in [1.82, 2.24) is 14.1 Å². The monoisotopic (exact) mass is 879 g/mol. The molecular weight excluding hydrogens is 842 g/mol. The lowest BCUT2D eigenvalue weighted by atomic mass is 10.1. The van der Waals surface area contributed by atoms with Gasteiger partial charge in [-0.3, -0.25) is 0 Å². The number of hydrogen-bond acceptors (Lipinski definition) is 1. The third kappa shape index (κ3) is 9.36. The van der Waals surface area contributed by atoms with Gasteiger partial charge in [0.25, 0.3) is 0 Å². The second-order valence-electron chi connectivity index (χ2n) is 14.0. The maximum absolute atomic E-state index is 5.18. The Balaban J connectivity index is 0.00000256. The lowest BCUT2D eigenvalue weighted by molar-refractivity contribution is -0.663. The zero-order valence-corrected chi connectivity index (χ0v) is 34.9. The minimum atomic E-state index is 0. The molecule has 282 valence electrons. The molecule has 0 spiro atoms. The number of hydrogen-bond donors (Lipinski definition) is 0. The standard InChI is InChI=1S/C51H39N5.2BrH/c1-3-12-40(13-4-1)22-24-42-26-30-44(31-27-42)34-53-38-55(50-20-9-7-18-48(50)53)36-46-16-11-17-47(52-46)37-56-39-54(49-19-8-10-21-51(49)56)35-45-32-28-43(29-33-45)25-23-41-14-5-2-6-15-41;;/h1-21,26-33,38-39H,34-37H2;2*1H/q+2;;/p-2. The van der Waals surface area contributed by atoms with Crippen molar-refractivity contribution in [3.8, 4) is 23.7 Å². The molecular formula is C51H39Br2N5. The van der Waals surface area contributed by atoms with Crippen LogP contribution in [0.2, 0.25) is 0 Å². The summed E-state index contributed by atoms with van der Waals surface area (Å²) in [5, 5.41) is 0. The van der Waals surface area contributed by atoms with Crippen LogP contribution in [0, 0.1) is 23.7 Å².